The fourth-order valence-electron chi connectivity index (χ4n) is 2.22. The maximum atomic E-state index is 12.6. The Morgan fingerprint density at radius 3 is 2.09 bits per heavy atom. The third kappa shape index (κ3) is 3.71. The van der Waals surface area contributed by atoms with Crippen LogP contribution in [0.2, 0.25) is 5.02 Å². The quantitative estimate of drug-likeness (QED) is 0.681. The molecule has 3 aromatic carbocycles. The molecule has 3 nitrogen and oxygen atoms in total. The van der Waals surface area contributed by atoms with E-state index in [-0.39, 0.29) is 5.91 Å². The van der Waals surface area contributed by atoms with Crippen LogP contribution < -0.4 is 10.6 Å². The fraction of sp³-hybridized carbons (Fsp3) is 0. The summed E-state index contributed by atoms with van der Waals surface area (Å²) in [5.74, 6) is -0.211. The number of hydrogen-bond acceptors (Lipinski definition) is 2. The summed E-state index contributed by atoms with van der Waals surface area (Å²) < 4.78 is 0. The standard InChI is InChI=1S/C19H15ClN2O/c20-16-11-5-7-13-18(16)22-19(23)15-10-4-6-12-17(15)21-14-8-2-1-3-9-14/h1-13,21H,(H,22,23). The average molecular weight is 323 g/mol. The molecule has 23 heavy (non-hydrogen) atoms. The number of amides is 1. The summed E-state index contributed by atoms with van der Waals surface area (Å²) in [6, 6.07) is 24.2. The molecule has 0 heterocycles. The van der Waals surface area contributed by atoms with E-state index in [1.165, 1.54) is 0 Å². The van der Waals surface area contributed by atoms with Crippen LogP contribution in [0.15, 0.2) is 78.9 Å². The summed E-state index contributed by atoms with van der Waals surface area (Å²) in [6.45, 7) is 0. The predicted molar refractivity (Wildman–Crippen MR) is 95.6 cm³/mol. The minimum absolute atomic E-state index is 0.211. The van der Waals surface area contributed by atoms with Crippen molar-refractivity contribution < 1.29 is 4.79 Å². The van der Waals surface area contributed by atoms with Crippen molar-refractivity contribution >= 4 is 34.6 Å². The van der Waals surface area contributed by atoms with Gasteiger partial charge in [-0.15, -0.1) is 0 Å². The number of carbonyl (C=O) groups excluding carboxylic acids is 1. The van der Waals surface area contributed by atoms with E-state index in [1.54, 1.807) is 18.2 Å². The zero-order valence-corrected chi connectivity index (χ0v) is 13.0. The van der Waals surface area contributed by atoms with Gasteiger partial charge in [0.2, 0.25) is 0 Å². The van der Waals surface area contributed by atoms with Crippen molar-refractivity contribution in [3.63, 3.8) is 0 Å². The average Bonchev–Trinajstić information content (AvgIpc) is 2.58. The van der Waals surface area contributed by atoms with Crippen LogP contribution in [0.3, 0.4) is 0 Å². The maximum absolute atomic E-state index is 12.6. The van der Waals surface area contributed by atoms with Gasteiger partial charge in [0.15, 0.2) is 0 Å². The molecule has 0 aliphatic heterocycles. The van der Waals surface area contributed by atoms with E-state index in [9.17, 15) is 4.79 Å². The van der Waals surface area contributed by atoms with Gasteiger partial charge in [-0.25, -0.2) is 0 Å². The second-order valence-corrected chi connectivity index (χ2v) is 5.38. The maximum Gasteiger partial charge on any atom is 0.257 e. The molecule has 3 aromatic rings. The van der Waals surface area contributed by atoms with Crippen LogP contribution in [0.1, 0.15) is 10.4 Å². The molecule has 114 valence electrons. The minimum Gasteiger partial charge on any atom is -0.355 e. The number of nitrogens with one attached hydrogen (secondary N) is 2. The molecule has 2 N–H and O–H groups in total. The van der Waals surface area contributed by atoms with Gasteiger partial charge in [0.1, 0.15) is 0 Å². The number of anilines is 3. The third-order valence-corrected chi connectivity index (χ3v) is 3.68. The van der Waals surface area contributed by atoms with E-state index < -0.39 is 0 Å². The lowest BCUT2D eigenvalue weighted by molar-refractivity contribution is 0.102. The summed E-state index contributed by atoms with van der Waals surface area (Å²) >= 11 is 6.09. The Labute approximate surface area is 139 Å². The Kier molecular flexibility index (Phi) is 4.60. The number of carbonyl (C=O) groups is 1. The van der Waals surface area contributed by atoms with Gasteiger partial charge in [-0.05, 0) is 36.4 Å². The number of rotatable bonds is 4. The van der Waals surface area contributed by atoms with Gasteiger partial charge in [0, 0.05) is 5.69 Å². The van der Waals surface area contributed by atoms with Gasteiger partial charge in [0.25, 0.3) is 5.91 Å². The molecule has 0 radical (unpaired) electrons. The first-order valence-corrected chi connectivity index (χ1v) is 7.59. The van der Waals surface area contributed by atoms with E-state index in [0.29, 0.717) is 16.3 Å². The highest BCUT2D eigenvalue weighted by molar-refractivity contribution is 6.34. The Morgan fingerprint density at radius 2 is 1.35 bits per heavy atom. The van der Waals surface area contributed by atoms with E-state index in [2.05, 4.69) is 10.6 Å². The Hall–Kier alpha value is -2.78. The van der Waals surface area contributed by atoms with Crippen molar-refractivity contribution in [2.75, 3.05) is 10.6 Å². The molecule has 0 atom stereocenters. The lowest BCUT2D eigenvalue weighted by Gasteiger charge is -2.13. The predicted octanol–water partition coefficient (Wildman–Crippen LogP) is 5.34. The fourth-order valence-corrected chi connectivity index (χ4v) is 2.40. The normalized spacial score (nSPS) is 10.1. The van der Waals surface area contributed by atoms with E-state index in [4.69, 9.17) is 11.6 Å². The lowest BCUT2D eigenvalue weighted by atomic mass is 10.1. The van der Waals surface area contributed by atoms with Gasteiger partial charge in [-0.2, -0.15) is 0 Å². The molecule has 0 fully saturated rings. The van der Waals surface area contributed by atoms with Crippen LogP contribution >= 0.6 is 11.6 Å². The second-order valence-electron chi connectivity index (χ2n) is 4.97. The zero-order valence-electron chi connectivity index (χ0n) is 12.3. The van der Waals surface area contributed by atoms with Crippen molar-refractivity contribution in [1.29, 1.82) is 0 Å². The van der Waals surface area contributed by atoms with Crippen LogP contribution in [0, 0.1) is 0 Å². The monoisotopic (exact) mass is 322 g/mol. The Balaban J connectivity index is 1.85. The molecule has 1 amide bonds. The lowest BCUT2D eigenvalue weighted by Crippen LogP contribution is -2.14. The number of halogens is 1. The van der Waals surface area contributed by atoms with Crippen LogP contribution in [-0.2, 0) is 0 Å². The van der Waals surface area contributed by atoms with Crippen LogP contribution in [0.4, 0.5) is 17.1 Å². The molecule has 0 bridgehead atoms. The molecular formula is C19H15ClN2O. The topological polar surface area (TPSA) is 41.1 Å². The van der Waals surface area contributed by atoms with Crippen molar-refractivity contribution in [1.82, 2.24) is 0 Å². The van der Waals surface area contributed by atoms with Crippen molar-refractivity contribution in [3.8, 4) is 0 Å². The first-order chi connectivity index (χ1) is 11.2. The largest absolute Gasteiger partial charge is 0.355 e. The van der Waals surface area contributed by atoms with Crippen molar-refractivity contribution in [3.05, 3.63) is 89.4 Å². The molecule has 0 unspecified atom stereocenters. The van der Waals surface area contributed by atoms with Gasteiger partial charge in [-0.3, -0.25) is 4.79 Å². The van der Waals surface area contributed by atoms with Gasteiger partial charge in [-0.1, -0.05) is 54.1 Å². The SMILES string of the molecule is O=C(Nc1ccccc1Cl)c1ccccc1Nc1ccccc1. The summed E-state index contributed by atoms with van der Waals surface area (Å²) in [6.07, 6.45) is 0. The highest BCUT2D eigenvalue weighted by Crippen LogP contribution is 2.24. The molecule has 0 aromatic heterocycles. The highest BCUT2D eigenvalue weighted by atomic mass is 35.5. The van der Waals surface area contributed by atoms with Gasteiger partial charge >= 0.3 is 0 Å². The van der Waals surface area contributed by atoms with Crippen LogP contribution in [0.25, 0.3) is 0 Å². The van der Waals surface area contributed by atoms with Crippen molar-refractivity contribution in [2.45, 2.75) is 0 Å². The summed E-state index contributed by atoms with van der Waals surface area (Å²) in [4.78, 5) is 12.6. The van der Waals surface area contributed by atoms with Gasteiger partial charge < -0.3 is 10.6 Å². The van der Waals surface area contributed by atoms with E-state index in [0.717, 1.165) is 11.4 Å². The number of para-hydroxylation sites is 3. The molecule has 4 heteroatoms. The highest BCUT2D eigenvalue weighted by Gasteiger charge is 2.12. The Morgan fingerprint density at radius 1 is 0.739 bits per heavy atom. The summed E-state index contributed by atoms with van der Waals surface area (Å²) in [5.41, 5.74) is 2.80. The minimum atomic E-state index is -0.211. The Bertz CT molecular complexity index is 818. The molecule has 3 rings (SSSR count). The first-order valence-electron chi connectivity index (χ1n) is 7.21. The zero-order chi connectivity index (χ0) is 16.1. The van der Waals surface area contributed by atoms with Crippen LogP contribution in [-0.4, -0.2) is 5.91 Å². The van der Waals surface area contributed by atoms with E-state index >= 15 is 0 Å². The second kappa shape index (κ2) is 6.99. The number of hydrogen-bond donors (Lipinski definition) is 2. The van der Waals surface area contributed by atoms with E-state index in [1.807, 2.05) is 60.7 Å². The smallest absolute Gasteiger partial charge is 0.257 e. The molecule has 0 aliphatic rings. The summed E-state index contributed by atoms with van der Waals surface area (Å²) in [5, 5.41) is 6.61. The van der Waals surface area contributed by atoms with Gasteiger partial charge in [0.05, 0.1) is 22.0 Å². The molecular weight excluding hydrogens is 308 g/mol. The molecule has 0 spiro atoms. The van der Waals surface area contributed by atoms with Crippen LogP contribution in [0.5, 0.6) is 0 Å². The summed E-state index contributed by atoms with van der Waals surface area (Å²) in [7, 11) is 0. The number of benzene rings is 3. The molecule has 0 saturated heterocycles. The van der Waals surface area contributed by atoms with Crippen molar-refractivity contribution in [2.24, 2.45) is 0 Å². The third-order valence-electron chi connectivity index (χ3n) is 3.35. The molecule has 0 aliphatic carbocycles. The molecule has 0 saturated carbocycles. The first kappa shape index (κ1) is 15.1.